The van der Waals surface area contributed by atoms with Gasteiger partial charge in [0.25, 0.3) is 0 Å². The third kappa shape index (κ3) is 3.90. The first-order valence-electron chi connectivity index (χ1n) is 4.62. The molecule has 0 bridgehead atoms. The highest BCUT2D eigenvalue weighted by atomic mass is 15.2. The molecule has 1 aromatic rings. The van der Waals surface area contributed by atoms with Gasteiger partial charge in [0.05, 0.1) is 6.20 Å². The van der Waals surface area contributed by atoms with Crippen LogP contribution < -0.4 is 5.32 Å². The van der Waals surface area contributed by atoms with Gasteiger partial charge in [0.1, 0.15) is 0 Å². The third-order valence-corrected chi connectivity index (χ3v) is 1.81. The topological polar surface area (TPSA) is 29.9 Å². The number of allylic oxidation sites excluding steroid dienone is 1. The molecule has 0 aliphatic carbocycles. The van der Waals surface area contributed by atoms with Gasteiger partial charge in [0, 0.05) is 25.4 Å². The summed E-state index contributed by atoms with van der Waals surface area (Å²) in [5, 5.41) is 7.44. The second-order valence-corrected chi connectivity index (χ2v) is 3.06. The first-order valence-corrected chi connectivity index (χ1v) is 4.62. The predicted octanol–water partition coefficient (Wildman–Crippen LogP) is 1.48. The van der Waals surface area contributed by atoms with Gasteiger partial charge in [-0.1, -0.05) is 12.2 Å². The van der Waals surface area contributed by atoms with Gasteiger partial charge in [-0.2, -0.15) is 5.10 Å². The molecule has 13 heavy (non-hydrogen) atoms. The van der Waals surface area contributed by atoms with Crippen LogP contribution >= 0.6 is 0 Å². The van der Waals surface area contributed by atoms with Crippen LogP contribution in [-0.4, -0.2) is 16.3 Å². The molecular formula is C10H17N3. The van der Waals surface area contributed by atoms with Crippen molar-refractivity contribution in [1.82, 2.24) is 15.1 Å². The zero-order valence-electron chi connectivity index (χ0n) is 8.33. The fourth-order valence-electron chi connectivity index (χ4n) is 1.15. The smallest absolute Gasteiger partial charge is 0.0534 e. The lowest BCUT2D eigenvalue weighted by atomic mass is 10.3. The molecule has 1 aromatic heterocycles. The minimum Gasteiger partial charge on any atom is -0.312 e. The highest BCUT2D eigenvalue weighted by Gasteiger charge is 1.93. The summed E-state index contributed by atoms with van der Waals surface area (Å²) in [7, 11) is 1.93. The van der Waals surface area contributed by atoms with Crippen molar-refractivity contribution in [2.24, 2.45) is 7.05 Å². The molecule has 0 aliphatic rings. The molecule has 72 valence electrons. The Morgan fingerprint density at radius 3 is 3.08 bits per heavy atom. The molecule has 1 N–H and O–H groups in total. The van der Waals surface area contributed by atoms with Crippen molar-refractivity contribution in [1.29, 1.82) is 0 Å². The highest BCUT2D eigenvalue weighted by Crippen LogP contribution is 1.94. The Labute approximate surface area is 79.5 Å². The average Bonchev–Trinajstić information content (AvgIpc) is 2.51. The second kappa shape index (κ2) is 5.54. The van der Waals surface area contributed by atoms with Crippen LogP contribution in [-0.2, 0) is 13.6 Å². The summed E-state index contributed by atoms with van der Waals surface area (Å²) in [6, 6.07) is 0. The van der Waals surface area contributed by atoms with E-state index in [-0.39, 0.29) is 0 Å². The summed E-state index contributed by atoms with van der Waals surface area (Å²) in [4.78, 5) is 0. The van der Waals surface area contributed by atoms with Crippen LogP contribution in [0.2, 0.25) is 0 Å². The van der Waals surface area contributed by atoms with E-state index in [9.17, 15) is 0 Å². The van der Waals surface area contributed by atoms with E-state index >= 15 is 0 Å². The number of aromatic nitrogens is 2. The van der Waals surface area contributed by atoms with E-state index in [2.05, 4.69) is 22.6 Å². The van der Waals surface area contributed by atoms with Gasteiger partial charge >= 0.3 is 0 Å². The summed E-state index contributed by atoms with van der Waals surface area (Å²) >= 11 is 0. The largest absolute Gasteiger partial charge is 0.312 e. The van der Waals surface area contributed by atoms with Gasteiger partial charge in [0.2, 0.25) is 0 Å². The quantitative estimate of drug-likeness (QED) is 0.548. The normalized spacial score (nSPS) is 11.2. The van der Waals surface area contributed by atoms with E-state index in [0.29, 0.717) is 0 Å². The van der Waals surface area contributed by atoms with Crippen LogP contribution in [0.5, 0.6) is 0 Å². The Hall–Kier alpha value is -1.09. The molecule has 0 amide bonds. The second-order valence-electron chi connectivity index (χ2n) is 3.06. The van der Waals surface area contributed by atoms with E-state index in [0.717, 1.165) is 19.5 Å². The number of hydrogen-bond acceptors (Lipinski definition) is 2. The molecule has 0 saturated carbocycles. The Kier molecular flexibility index (Phi) is 4.26. The fourth-order valence-corrected chi connectivity index (χ4v) is 1.15. The maximum Gasteiger partial charge on any atom is 0.0534 e. The Bertz CT molecular complexity index is 263. The Balaban J connectivity index is 2.13. The van der Waals surface area contributed by atoms with Gasteiger partial charge in [-0.15, -0.1) is 0 Å². The molecule has 1 rings (SSSR count). The summed E-state index contributed by atoms with van der Waals surface area (Å²) in [6.07, 6.45) is 9.25. The van der Waals surface area contributed by atoms with Crippen LogP contribution in [0.4, 0.5) is 0 Å². The van der Waals surface area contributed by atoms with Crippen LogP contribution in [0.25, 0.3) is 0 Å². The predicted molar refractivity (Wildman–Crippen MR) is 54.3 cm³/mol. The van der Waals surface area contributed by atoms with Crippen LogP contribution in [0.15, 0.2) is 24.5 Å². The lowest BCUT2D eigenvalue weighted by Gasteiger charge is -1.98. The zero-order valence-corrected chi connectivity index (χ0v) is 8.33. The van der Waals surface area contributed by atoms with E-state index < -0.39 is 0 Å². The molecule has 3 nitrogen and oxygen atoms in total. The van der Waals surface area contributed by atoms with Crippen LogP contribution in [0.1, 0.15) is 18.9 Å². The van der Waals surface area contributed by atoms with Crippen molar-refractivity contribution in [3.05, 3.63) is 30.1 Å². The fraction of sp³-hybridized carbons (Fsp3) is 0.500. The number of nitrogens with zero attached hydrogens (tertiary/aromatic N) is 2. The minimum absolute atomic E-state index is 0.908. The van der Waals surface area contributed by atoms with Crippen LogP contribution in [0.3, 0.4) is 0 Å². The summed E-state index contributed by atoms with van der Waals surface area (Å²) < 4.78 is 1.82. The Morgan fingerprint density at radius 2 is 2.46 bits per heavy atom. The first-order chi connectivity index (χ1) is 6.33. The standard InChI is InChI=1S/C10H17N3/c1-3-4-5-6-11-7-10-8-12-13(2)9-10/h3-4,8-9,11H,5-7H2,1-2H3/b4-3+. The molecule has 1 heterocycles. The van der Waals surface area contributed by atoms with Gasteiger partial charge in [-0.05, 0) is 19.9 Å². The van der Waals surface area contributed by atoms with E-state index in [1.165, 1.54) is 5.56 Å². The minimum atomic E-state index is 0.908. The molecule has 0 unspecified atom stereocenters. The molecule has 0 aromatic carbocycles. The van der Waals surface area contributed by atoms with Crippen molar-refractivity contribution < 1.29 is 0 Å². The van der Waals surface area contributed by atoms with Crippen molar-refractivity contribution in [2.45, 2.75) is 19.9 Å². The molecule has 3 heteroatoms. The van der Waals surface area contributed by atoms with Crippen LogP contribution in [0, 0.1) is 0 Å². The number of nitrogens with one attached hydrogen (secondary N) is 1. The van der Waals surface area contributed by atoms with E-state index in [1.54, 1.807) is 0 Å². The molecule has 0 aliphatic heterocycles. The summed E-state index contributed by atoms with van der Waals surface area (Å²) in [6.45, 7) is 3.98. The van der Waals surface area contributed by atoms with Gasteiger partial charge < -0.3 is 5.32 Å². The van der Waals surface area contributed by atoms with Gasteiger partial charge in [-0.3, -0.25) is 4.68 Å². The lowest BCUT2D eigenvalue weighted by Crippen LogP contribution is -2.13. The average molecular weight is 179 g/mol. The monoisotopic (exact) mass is 179 g/mol. The Morgan fingerprint density at radius 1 is 1.62 bits per heavy atom. The SMILES string of the molecule is C/C=C/CCNCc1cnn(C)c1. The summed E-state index contributed by atoms with van der Waals surface area (Å²) in [5.74, 6) is 0. The number of aryl methyl sites for hydroxylation is 1. The van der Waals surface area contributed by atoms with Gasteiger partial charge in [-0.25, -0.2) is 0 Å². The van der Waals surface area contributed by atoms with Crippen molar-refractivity contribution in [2.75, 3.05) is 6.54 Å². The third-order valence-electron chi connectivity index (χ3n) is 1.81. The van der Waals surface area contributed by atoms with Crippen molar-refractivity contribution >= 4 is 0 Å². The van der Waals surface area contributed by atoms with Crippen molar-refractivity contribution in [3.63, 3.8) is 0 Å². The lowest BCUT2D eigenvalue weighted by molar-refractivity contribution is 0.693. The first kappa shape index (κ1) is 9.99. The van der Waals surface area contributed by atoms with Crippen molar-refractivity contribution in [3.8, 4) is 0 Å². The maximum atomic E-state index is 4.09. The zero-order chi connectivity index (χ0) is 9.52. The molecule has 0 spiro atoms. The van der Waals surface area contributed by atoms with E-state index in [1.807, 2.05) is 31.0 Å². The molecule has 0 atom stereocenters. The van der Waals surface area contributed by atoms with E-state index in [4.69, 9.17) is 0 Å². The molecule has 0 fully saturated rings. The molecule has 0 saturated heterocycles. The molecular weight excluding hydrogens is 162 g/mol. The highest BCUT2D eigenvalue weighted by molar-refractivity contribution is 5.02. The number of rotatable bonds is 5. The number of hydrogen-bond donors (Lipinski definition) is 1. The molecule has 0 radical (unpaired) electrons. The maximum absolute atomic E-state index is 4.09. The summed E-state index contributed by atoms with van der Waals surface area (Å²) in [5.41, 5.74) is 1.24. The van der Waals surface area contributed by atoms with Gasteiger partial charge in [0.15, 0.2) is 0 Å².